The van der Waals surface area contributed by atoms with Crippen LogP contribution in [0, 0.1) is 0 Å². The van der Waals surface area contributed by atoms with Gasteiger partial charge in [-0.2, -0.15) is 0 Å². The van der Waals surface area contributed by atoms with Gasteiger partial charge in [-0.05, 0) is 60.2 Å². The van der Waals surface area contributed by atoms with Crippen LogP contribution in [0.2, 0.25) is 15.1 Å². The van der Waals surface area contributed by atoms with Gasteiger partial charge in [-0.1, -0.05) is 40.9 Å². The number of carbonyl (C=O) groups is 2. The zero-order valence-corrected chi connectivity index (χ0v) is 24.4. The maximum atomic E-state index is 13.8. The fourth-order valence-corrected chi connectivity index (χ4v) is 5.22. The molecule has 1 aliphatic heterocycles. The molecule has 2 amide bonds. The highest BCUT2D eigenvalue weighted by molar-refractivity contribution is 6.42. The van der Waals surface area contributed by atoms with E-state index in [2.05, 4.69) is 5.32 Å². The lowest BCUT2D eigenvalue weighted by Crippen LogP contribution is -2.41. The molecule has 2 heterocycles. The first-order chi connectivity index (χ1) is 19.7. The zero-order valence-electron chi connectivity index (χ0n) is 22.1. The number of nitrogens with one attached hydrogen (secondary N) is 1. The third-order valence-electron chi connectivity index (χ3n) is 6.85. The molecule has 1 N–H and O–H groups in total. The summed E-state index contributed by atoms with van der Waals surface area (Å²) in [5, 5.41) is 3.95. The van der Waals surface area contributed by atoms with Gasteiger partial charge >= 0.3 is 5.69 Å². The lowest BCUT2D eigenvalue weighted by Gasteiger charge is -2.28. The second-order valence-electron chi connectivity index (χ2n) is 9.27. The van der Waals surface area contributed by atoms with Crippen LogP contribution in [-0.4, -0.2) is 46.6 Å². The van der Waals surface area contributed by atoms with E-state index < -0.39 is 5.91 Å². The highest BCUT2D eigenvalue weighted by Gasteiger charge is 2.32. The number of methoxy groups -OCH3 is 2. The highest BCUT2D eigenvalue weighted by Crippen LogP contribution is 2.27. The lowest BCUT2D eigenvalue weighted by atomic mass is 10.1. The normalized spacial score (nSPS) is 12.6. The summed E-state index contributed by atoms with van der Waals surface area (Å²) in [5.74, 6) is 0.307. The Bertz CT molecular complexity index is 1700. The number of amides is 2. The number of ether oxygens (including phenoxy) is 2. The standard InChI is InChI=1S/C29H25Cl3N4O5/c1-40-20-7-5-19(6-8-20)36-26(27(37)33-15-17-3-9-22(31)25(13-17)41-2)24-16-34(11-12-35(24)29(36)39)28(38)18-4-10-21(30)23(32)14-18/h3-10,13-14H,11-12,15-16H2,1-2H3,(H,33,37). The lowest BCUT2D eigenvalue weighted by molar-refractivity contribution is 0.0706. The van der Waals surface area contributed by atoms with Crippen molar-refractivity contribution in [2.45, 2.75) is 19.6 Å². The van der Waals surface area contributed by atoms with Crippen LogP contribution in [0.4, 0.5) is 0 Å². The molecule has 0 aliphatic carbocycles. The van der Waals surface area contributed by atoms with Crippen molar-refractivity contribution < 1.29 is 19.1 Å². The Balaban J connectivity index is 1.52. The molecule has 0 saturated heterocycles. The summed E-state index contributed by atoms with van der Waals surface area (Å²) in [4.78, 5) is 42.4. The largest absolute Gasteiger partial charge is 0.497 e. The van der Waals surface area contributed by atoms with Gasteiger partial charge in [0.1, 0.15) is 17.2 Å². The maximum Gasteiger partial charge on any atom is 0.333 e. The van der Waals surface area contributed by atoms with Crippen molar-refractivity contribution in [3.8, 4) is 17.2 Å². The summed E-state index contributed by atoms with van der Waals surface area (Å²) in [7, 11) is 3.05. The van der Waals surface area contributed by atoms with E-state index in [1.807, 2.05) is 0 Å². The molecule has 1 aliphatic rings. The van der Waals surface area contributed by atoms with E-state index in [0.717, 1.165) is 5.56 Å². The van der Waals surface area contributed by atoms with Crippen molar-refractivity contribution >= 4 is 46.6 Å². The Morgan fingerprint density at radius 3 is 2.29 bits per heavy atom. The quantitative estimate of drug-likeness (QED) is 0.308. The van der Waals surface area contributed by atoms with Gasteiger partial charge in [-0.3, -0.25) is 18.7 Å². The number of imidazole rings is 1. The van der Waals surface area contributed by atoms with Crippen molar-refractivity contribution in [3.63, 3.8) is 0 Å². The number of benzene rings is 3. The first-order valence-electron chi connectivity index (χ1n) is 12.6. The van der Waals surface area contributed by atoms with Gasteiger partial charge in [0.05, 0.1) is 47.2 Å². The van der Waals surface area contributed by atoms with Gasteiger partial charge in [0.2, 0.25) is 0 Å². The number of fused-ring (bicyclic) bond motifs is 1. The third-order valence-corrected chi connectivity index (χ3v) is 7.90. The van der Waals surface area contributed by atoms with Gasteiger partial charge in [0.25, 0.3) is 11.8 Å². The summed E-state index contributed by atoms with van der Waals surface area (Å²) in [6.45, 7) is 0.665. The molecule has 41 heavy (non-hydrogen) atoms. The molecule has 0 bridgehead atoms. The topological polar surface area (TPSA) is 94.8 Å². The fourth-order valence-electron chi connectivity index (χ4n) is 4.73. The molecular formula is C29H25Cl3N4O5. The number of carbonyl (C=O) groups excluding carboxylic acids is 2. The van der Waals surface area contributed by atoms with E-state index >= 15 is 0 Å². The van der Waals surface area contributed by atoms with Gasteiger partial charge < -0.3 is 19.7 Å². The Kier molecular flexibility index (Phi) is 8.30. The summed E-state index contributed by atoms with van der Waals surface area (Å²) in [6, 6.07) is 16.7. The molecule has 3 aromatic carbocycles. The van der Waals surface area contributed by atoms with E-state index in [1.54, 1.807) is 66.6 Å². The molecule has 212 valence electrons. The Hall–Kier alpha value is -3.92. The van der Waals surface area contributed by atoms with E-state index in [4.69, 9.17) is 44.3 Å². The Morgan fingerprint density at radius 1 is 0.878 bits per heavy atom. The number of nitrogens with zero attached hydrogens (tertiary/aromatic N) is 3. The van der Waals surface area contributed by atoms with Crippen LogP contribution in [0.3, 0.4) is 0 Å². The molecule has 9 nitrogen and oxygen atoms in total. The Labute approximate surface area is 250 Å². The minimum absolute atomic E-state index is 0.0367. The molecule has 0 unspecified atom stereocenters. The van der Waals surface area contributed by atoms with E-state index in [-0.39, 0.29) is 48.5 Å². The van der Waals surface area contributed by atoms with Crippen molar-refractivity contribution in [3.05, 3.63) is 109 Å². The van der Waals surface area contributed by atoms with E-state index in [0.29, 0.717) is 38.5 Å². The van der Waals surface area contributed by atoms with Crippen molar-refractivity contribution in [2.24, 2.45) is 0 Å². The first-order valence-corrected chi connectivity index (χ1v) is 13.7. The van der Waals surface area contributed by atoms with Crippen molar-refractivity contribution in [1.29, 1.82) is 0 Å². The number of hydrogen-bond donors (Lipinski definition) is 1. The summed E-state index contributed by atoms with van der Waals surface area (Å²) >= 11 is 18.3. The van der Waals surface area contributed by atoms with Crippen LogP contribution < -0.4 is 20.5 Å². The fraction of sp³-hybridized carbons (Fsp3) is 0.207. The van der Waals surface area contributed by atoms with Crippen LogP contribution in [0.15, 0.2) is 65.5 Å². The molecule has 0 fully saturated rings. The monoisotopic (exact) mass is 614 g/mol. The number of hydrogen-bond acceptors (Lipinski definition) is 5. The predicted molar refractivity (Wildman–Crippen MR) is 157 cm³/mol. The number of aromatic nitrogens is 2. The second kappa shape index (κ2) is 11.9. The SMILES string of the molecule is COc1ccc(-n2c(C(=O)NCc3ccc(Cl)c(OC)c3)c3n(c2=O)CCN(C(=O)c2ccc(Cl)c(Cl)c2)C3)cc1. The third kappa shape index (κ3) is 5.66. The smallest absolute Gasteiger partial charge is 0.333 e. The maximum absolute atomic E-state index is 13.8. The van der Waals surface area contributed by atoms with Gasteiger partial charge in [-0.25, -0.2) is 4.79 Å². The van der Waals surface area contributed by atoms with Gasteiger partial charge in [-0.15, -0.1) is 0 Å². The Morgan fingerprint density at radius 2 is 1.61 bits per heavy atom. The molecule has 0 atom stereocenters. The van der Waals surface area contributed by atoms with Crippen LogP contribution in [-0.2, 0) is 19.6 Å². The van der Waals surface area contributed by atoms with E-state index in [9.17, 15) is 14.4 Å². The molecule has 12 heteroatoms. The predicted octanol–water partition coefficient (Wildman–Crippen LogP) is 5.20. The van der Waals surface area contributed by atoms with E-state index in [1.165, 1.54) is 22.3 Å². The summed E-state index contributed by atoms with van der Waals surface area (Å²) < 4.78 is 13.4. The van der Waals surface area contributed by atoms with Crippen LogP contribution in [0.25, 0.3) is 5.69 Å². The highest BCUT2D eigenvalue weighted by atomic mass is 35.5. The average Bonchev–Trinajstić information content (AvgIpc) is 3.29. The average molecular weight is 616 g/mol. The minimum Gasteiger partial charge on any atom is -0.497 e. The molecule has 5 rings (SSSR count). The molecule has 0 spiro atoms. The molecule has 1 aromatic heterocycles. The molecular weight excluding hydrogens is 591 g/mol. The van der Waals surface area contributed by atoms with Crippen LogP contribution >= 0.6 is 34.8 Å². The first kappa shape index (κ1) is 28.6. The molecule has 0 saturated carbocycles. The van der Waals surface area contributed by atoms with Crippen molar-refractivity contribution in [2.75, 3.05) is 20.8 Å². The van der Waals surface area contributed by atoms with Crippen LogP contribution in [0.5, 0.6) is 11.5 Å². The van der Waals surface area contributed by atoms with Crippen molar-refractivity contribution in [1.82, 2.24) is 19.4 Å². The number of rotatable bonds is 7. The molecule has 4 aromatic rings. The zero-order chi connectivity index (χ0) is 29.3. The summed E-state index contributed by atoms with van der Waals surface area (Å²) in [6.07, 6.45) is 0. The summed E-state index contributed by atoms with van der Waals surface area (Å²) in [5.41, 5.74) is 1.75. The number of halogens is 3. The molecule has 0 radical (unpaired) electrons. The van der Waals surface area contributed by atoms with Crippen LogP contribution in [0.1, 0.15) is 32.1 Å². The van der Waals surface area contributed by atoms with Gasteiger partial charge in [0, 0.05) is 25.2 Å². The second-order valence-corrected chi connectivity index (χ2v) is 10.5. The van der Waals surface area contributed by atoms with Gasteiger partial charge in [0.15, 0.2) is 0 Å². The minimum atomic E-state index is -0.482.